The van der Waals surface area contributed by atoms with Crippen molar-refractivity contribution >= 4 is 12.0 Å². The van der Waals surface area contributed by atoms with E-state index in [9.17, 15) is 18.4 Å². The summed E-state index contributed by atoms with van der Waals surface area (Å²) in [6.45, 7) is 0.655. The first-order chi connectivity index (χ1) is 13.3. The minimum atomic E-state index is -2.83. The Morgan fingerprint density at radius 1 is 1.32 bits per heavy atom. The Labute approximate surface area is 162 Å². The van der Waals surface area contributed by atoms with Crippen LogP contribution in [0.4, 0.5) is 13.6 Å². The zero-order valence-corrected chi connectivity index (χ0v) is 15.7. The van der Waals surface area contributed by atoms with Crippen molar-refractivity contribution in [1.29, 1.82) is 0 Å². The second-order valence-electron chi connectivity index (χ2n) is 8.09. The fourth-order valence-electron chi connectivity index (χ4n) is 4.62. The first kappa shape index (κ1) is 19.0. The summed E-state index contributed by atoms with van der Waals surface area (Å²) in [5.41, 5.74) is 1.45. The lowest BCUT2D eigenvalue weighted by atomic mass is 9.68. The number of nitrogens with zero attached hydrogens (tertiary/aromatic N) is 1. The molecule has 4 rings (SSSR count). The molecule has 0 bridgehead atoms. The standard InChI is InChI=1S/C20H24F2N2O4/c1-12-8-14(2-3-16(12)28-18(21)22)13-4-6-24(7-5-13)17(25)15-9-20(10-15)11-27-19(26)23-20/h2-3,8,13,15,18H,4-7,9-11H2,1H3,(H,23,26). The number of alkyl carbamates (subject to hydrolysis) is 1. The summed E-state index contributed by atoms with van der Waals surface area (Å²) in [5.74, 6) is 0.612. The predicted molar refractivity (Wildman–Crippen MR) is 96.3 cm³/mol. The van der Waals surface area contributed by atoms with Crippen molar-refractivity contribution in [3.8, 4) is 5.75 Å². The summed E-state index contributed by atoms with van der Waals surface area (Å²) in [6.07, 6.45) is 2.58. The molecule has 0 atom stereocenters. The SMILES string of the molecule is Cc1cc(C2CCN(C(=O)C3CC4(COC(=O)N4)C3)CC2)ccc1OC(F)F. The number of hydrogen-bond donors (Lipinski definition) is 1. The number of halogens is 2. The van der Waals surface area contributed by atoms with Gasteiger partial charge in [-0.15, -0.1) is 0 Å². The third-order valence-electron chi connectivity index (χ3n) is 6.16. The minimum Gasteiger partial charge on any atom is -0.447 e. The van der Waals surface area contributed by atoms with E-state index >= 15 is 0 Å². The van der Waals surface area contributed by atoms with E-state index in [2.05, 4.69) is 10.1 Å². The average Bonchev–Trinajstić information content (AvgIpc) is 3.04. The van der Waals surface area contributed by atoms with E-state index in [1.165, 1.54) is 0 Å². The van der Waals surface area contributed by atoms with Crippen LogP contribution in [0, 0.1) is 12.8 Å². The summed E-state index contributed by atoms with van der Waals surface area (Å²) >= 11 is 0. The van der Waals surface area contributed by atoms with Gasteiger partial charge in [-0.25, -0.2) is 4.79 Å². The van der Waals surface area contributed by atoms with Crippen LogP contribution in [-0.2, 0) is 9.53 Å². The second kappa shape index (κ2) is 7.22. The Kier molecular flexibility index (Phi) is 4.89. The molecule has 1 aromatic carbocycles. The van der Waals surface area contributed by atoms with Crippen LogP contribution in [0.3, 0.4) is 0 Å². The lowest BCUT2D eigenvalue weighted by molar-refractivity contribution is -0.142. The molecule has 28 heavy (non-hydrogen) atoms. The minimum absolute atomic E-state index is 0.0495. The summed E-state index contributed by atoms with van der Waals surface area (Å²) in [6, 6.07) is 5.34. The molecule has 2 heterocycles. The quantitative estimate of drug-likeness (QED) is 0.852. The largest absolute Gasteiger partial charge is 0.447 e. The molecule has 1 aliphatic carbocycles. The lowest BCUT2D eigenvalue weighted by Gasteiger charge is -2.45. The third-order valence-corrected chi connectivity index (χ3v) is 6.16. The van der Waals surface area contributed by atoms with Crippen LogP contribution in [0.5, 0.6) is 5.75 Å². The molecule has 0 unspecified atom stereocenters. The van der Waals surface area contributed by atoms with Crippen LogP contribution in [0.15, 0.2) is 18.2 Å². The number of rotatable bonds is 4. The van der Waals surface area contributed by atoms with E-state index in [0.717, 1.165) is 18.4 Å². The lowest BCUT2D eigenvalue weighted by Crippen LogP contribution is -2.58. The molecule has 0 aromatic heterocycles. The van der Waals surface area contributed by atoms with E-state index in [1.807, 2.05) is 17.0 Å². The number of ether oxygens (including phenoxy) is 2. The zero-order chi connectivity index (χ0) is 19.9. The number of likely N-dealkylation sites (tertiary alicyclic amines) is 1. The van der Waals surface area contributed by atoms with Crippen LogP contribution in [0.2, 0.25) is 0 Å². The number of aryl methyl sites for hydroxylation is 1. The van der Waals surface area contributed by atoms with Gasteiger partial charge in [-0.2, -0.15) is 8.78 Å². The van der Waals surface area contributed by atoms with Gasteiger partial charge in [-0.1, -0.05) is 12.1 Å². The molecule has 1 saturated carbocycles. The van der Waals surface area contributed by atoms with Gasteiger partial charge < -0.3 is 19.7 Å². The molecular weight excluding hydrogens is 370 g/mol. The van der Waals surface area contributed by atoms with Crippen molar-refractivity contribution < 1.29 is 27.8 Å². The molecule has 3 fully saturated rings. The van der Waals surface area contributed by atoms with Gasteiger partial charge in [-0.05, 0) is 55.7 Å². The Hall–Kier alpha value is -2.38. The van der Waals surface area contributed by atoms with E-state index in [4.69, 9.17) is 4.74 Å². The van der Waals surface area contributed by atoms with Crippen molar-refractivity contribution in [2.24, 2.45) is 5.92 Å². The van der Waals surface area contributed by atoms with Gasteiger partial charge in [0.15, 0.2) is 0 Å². The second-order valence-corrected chi connectivity index (χ2v) is 8.09. The fraction of sp³-hybridized carbons (Fsp3) is 0.600. The highest BCUT2D eigenvalue weighted by Gasteiger charge is 2.53. The third kappa shape index (κ3) is 3.64. The molecule has 0 radical (unpaired) electrons. The van der Waals surface area contributed by atoms with Gasteiger partial charge in [0.25, 0.3) is 0 Å². The zero-order valence-electron chi connectivity index (χ0n) is 15.7. The molecule has 1 N–H and O–H groups in total. The number of hydrogen-bond acceptors (Lipinski definition) is 4. The first-order valence-electron chi connectivity index (χ1n) is 9.64. The molecule has 8 heteroatoms. The van der Waals surface area contributed by atoms with Crippen molar-refractivity contribution in [3.63, 3.8) is 0 Å². The summed E-state index contributed by atoms with van der Waals surface area (Å²) in [4.78, 5) is 25.9. The number of cyclic esters (lactones) is 1. The van der Waals surface area contributed by atoms with Crippen molar-refractivity contribution in [3.05, 3.63) is 29.3 Å². The van der Waals surface area contributed by atoms with E-state index in [1.54, 1.807) is 13.0 Å². The van der Waals surface area contributed by atoms with Crippen LogP contribution in [0.1, 0.15) is 42.7 Å². The molecule has 2 aliphatic heterocycles. The van der Waals surface area contributed by atoms with Crippen molar-refractivity contribution in [2.45, 2.75) is 50.7 Å². The van der Waals surface area contributed by atoms with Gasteiger partial charge in [0.2, 0.25) is 5.91 Å². The number of piperidine rings is 1. The average molecular weight is 394 g/mol. The van der Waals surface area contributed by atoms with Gasteiger partial charge >= 0.3 is 12.7 Å². The molecule has 6 nitrogen and oxygen atoms in total. The molecule has 2 amide bonds. The smallest absolute Gasteiger partial charge is 0.407 e. The van der Waals surface area contributed by atoms with Crippen molar-refractivity contribution in [2.75, 3.05) is 19.7 Å². The maximum Gasteiger partial charge on any atom is 0.407 e. The number of benzene rings is 1. The van der Waals surface area contributed by atoms with Crippen LogP contribution in [0.25, 0.3) is 0 Å². The van der Waals surface area contributed by atoms with Crippen LogP contribution < -0.4 is 10.1 Å². The first-order valence-corrected chi connectivity index (χ1v) is 9.64. The monoisotopic (exact) mass is 394 g/mol. The number of amides is 2. The predicted octanol–water partition coefficient (Wildman–Crippen LogP) is 3.19. The molecule has 152 valence electrons. The highest BCUT2D eigenvalue weighted by atomic mass is 19.3. The number of carbonyl (C=O) groups excluding carboxylic acids is 2. The number of nitrogens with one attached hydrogen (secondary N) is 1. The highest BCUT2D eigenvalue weighted by Crippen LogP contribution is 2.42. The molecule has 2 saturated heterocycles. The molecule has 1 spiro atoms. The van der Waals surface area contributed by atoms with Crippen molar-refractivity contribution in [1.82, 2.24) is 10.2 Å². The Morgan fingerprint density at radius 3 is 2.61 bits per heavy atom. The van der Waals surface area contributed by atoms with Gasteiger partial charge in [0.05, 0.1) is 5.54 Å². The summed E-state index contributed by atoms with van der Waals surface area (Å²) < 4.78 is 34.3. The van der Waals surface area contributed by atoms with Crippen LogP contribution in [-0.4, -0.2) is 48.7 Å². The topological polar surface area (TPSA) is 67.9 Å². The maximum absolute atomic E-state index is 12.7. The maximum atomic E-state index is 12.7. The summed E-state index contributed by atoms with van der Waals surface area (Å²) in [7, 11) is 0. The molecule has 3 aliphatic rings. The van der Waals surface area contributed by atoms with E-state index in [-0.39, 0.29) is 23.1 Å². The van der Waals surface area contributed by atoms with Gasteiger partial charge in [0.1, 0.15) is 12.4 Å². The number of alkyl halides is 2. The highest BCUT2D eigenvalue weighted by molar-refractivity contribution is 5.81. The molecular formula is C20H24F2N2O4. The number of carbonyl (C=O) groups is 2. The van der Waals surface area contributed by atoms with Crippen LogP contribution >= 0.6 is 0 Å². The normalized spacial score (nSPS) is 27.5. The fourth-order valence-corrected chi connectivity index (χ4v) is 4.62. The van der Waals surface area contributed by atoms with Gasteiger partial charge in [-0.3, -0.25) is 4.79 Å². The molecule has 1 aromatic rings. The van der Waals surface area contributed by atoms with E-state index in [0.29, 0.717) is 44.0 Å². The van der Waals surface area contributed by atoms with E-state index < -0.39 is 12.7 Å². The Morgan fingerprint density at radius 2 is 2.04 bits per heavy atom. The Balaban J connectivity index is 1.29. The Bertz CT molecular complexity index is 771. The van der Waals surface area contributed by atoms with Gasteiger partial charge in [0, 0.05) is 19.0 Å². The summed E-state index contributed by atoms with van der Waals surface area (Å²) in [5, 5.41) is 2.82.